The van der Waals surface area contributed by atoms with Crippen LogP contribution in [0.4, 0.5) is 0 Å². The van der Waals surface area contributed by atoms with Gasteiger partial charge >= 0.3 is 0 Å². The van der Waals surface area contributed by atoms with Crippen LogP contribution in [0.1, 0.15) is 43.4 Å². The normalized spacial score (nSPS) is 12.4. The first-order valence-electron chi connectivity index (χ1n) is 10.3. The summed E-state index contributed by atoms with van der Waals surface area (Å²) in [5, 5.41) is 5.56. The van der Waals surface area contributed by atoms with Crippen molar-refractivity contribution < 1.29 is 8.42 Å². The zero-order chi connectivity index (χ0) is 22.4. The van der Waals surface area contributed by atoms with Gasteiger partial charge in [-0.1, -0.05) is 51.1 Å². The number of nitrogens with zero attached hydrogens (tertiary/aromatic N) is 3. The Morgan fingerprint density at radius 1 is 0.903 bits per heavy atom. The van der Waals surface area contributed by atoms with E-state index < -0.39 is 9.84 Å². The van der Waals surface area contributed by atoms with Crippen molar-refractivity contribution in [1.29, 1.82) is 0 Å². The Balaban J connectivity index is 1.77. The summed E-state index contributed by atoms with van der Waals surface area (Å²) >= 11 is 0. The quantitative estimate of drug-likeness (QED) is 0.438. The van der Waals surface area contributed by atoms with Gasteiger partial charge < -0.3 is 0 Å². The monoisotopic (exact) mass is 433 g/mol. The Kier molecular flexibility index (Phi) is 5.21. The lowest BCUT2D eigenvalue weighted by Gasteiger charge is -2.19. The number of aryl methyl sites for hydroxylation is 2. The maximum atomic E-state index is 13.2. The average molecular weight is 434 g/mol. The topological polar surface area (TPSA) is 64.8 Å². The molecule has 0 aliphatic heterocycles. The molecule has 0 bridgehead atoms. The molecule has 4 aromatic rings. The van der Waals surface area contributed by atoms with Gasteiger partial charge in [-0.05, 0) is 55.2 Å². The molecule has 0 saturated heterocycles. The van der Waals surface area contributed by atoms with E-state index >= 15 is 0 Å². The average Bonchev–Trinajstić information content (AvgIpc) is 3.06. The lowest BCUT2D eigenvalue weighted by atomic mass is 9.87. The molecule has 31 heavy (non-hydrogen) atoms. The Morgan fingerprint density at radius 3 is 2.26 bits per heavy atom. The van der Waals surface area contributed by atoms with Gasteiger partial charge in [-0.15, -0.1) is 0 Å². The third-order valence-electron chi connectivity index (χ3n) is 5.37. The van der Waals surface area contributed by atoms with Crippen LogP contribution in [0.5, 0.6) is 0 Å². The van der Waals surface area contributed by atoms with Crippen molar-refractivity contribution in [3.05, 3.63) is 83.3 Å². The van der Waals surface area contributed by atoms with Crippen LogP contribution in [-0.2, 0) is 21.0 Å². The summed E-state index contributed by atoms with van der Waals surface area (Å²) in [6.07, 6.45) is 0. The van der Waals surface area contributed by atoms with Crippen LogP contribution >= 0.6 is 0 Å². The molecule has 0 amide bonds. The zero-order valence-electron chi connectivity index (χ0n) is 18.5. The van der Waals surface area contributed by atoms with Crippen molar-refractivity contribution in [1.82, 2.24) is 14.8 Å². The molecule has 2 aromatic heterocycles. The summed E-state index contributed by atoms with van der Waals surface area (Å²) in [5.74, 6) is -0.127. The van der Waals surface area contributed by atoms with Crippen LogP contribution < -0.4 is 0 Å². The molecule has 0 aliphatic carbocycles. The first-order valence-corrected chi connectivity index (χ1v) is 12.0. The SMILES string of the molecule is Cc1cc(-n2nc(C)cc2CS(=O)(=O)c2ccc(C(C)(C)C)cc2)c2ccccc2n1. The van der Waals surface area contributed by atoms with E-state index in [0.29, 0.717) is 10.6 Å². The summed E-state index contributed by atoms with van der Waals surface area (Å²) in [6.45, 7) is 10.1. The molecule has 160 valence electrons. The van der Waals surface area contributed by atoms with Gasteiger partial charge in [0.1, 0.15) is 0 Å². The van der Waals surface area contributed by atoms with E-state index in [4.69, 9.17) is 0 Å². The minimum atomic E-state index is -3.53. The molecule has 0 fully saturated rings. The fourth-order valence-corrected chi connectivity index (χ4v) is 5.08. The van der Waals surface area contributed by atoms with Gasteiger partial charge in [0.25, 0.3) is 0 Å². The van der Waals surface area contributed by atoms with Crippen molar-refractivity contribution in [3.63, 3.8) is 0 Å². The van der Waals surface area contributed by atoms with E-state index in [1.165, 1.54) is 0 Å². The number of fused-ring (bicyclic) bond motifs is 1. The molecular weight excluding hydrogens is 406 g/mol. The lowest BCUT2D eigenvalue weighted by Crippen LogP contribution is -2.13. The van der Waals surface area contributed by atoms with Gasteiger partial charge in [0.05, 0.1) is 33.2 Å². The van der Waals surface area contributed by atoms with Crippen LogP contribution in [-0.4, -0.2) is 23.2 Å². The second kappa shape index (κ2) is 7.61. The predicted octanol–water partition coefficient (Wildman–Crippen LogP) is 5.31. The molecule has 2 aromatic carbocycles. The molecule has 0 radical (unpaired) electrons. The number of benzene rings is 2. The van der Waals surface area contributed by atoms with Crippen molar-refractivity contribution in [2.24, 2.45) is 0 Å². The number of rotatable bonds is 4. The van der Waals surface area contributed by atoms with Gasteiger partial charge in [-0.25, -0.2) is 13.1 Å². The van der Waals surface area contributed by atoms with Crippen LogP contribution in [0.2, 0.25) is 0 Å². The van der Waals surface area contributed by atoms with Crippen molar-refractivity contribution in [2.75, 3.05) is 0 Å². The molecule has 0 N–H and O–H groups in total. The zero-order valence-corrected chi connectivity index (χ0v) is 19.4. The maximum Gasteiger partial charge on any atom is 0.184 e. The minimum absolute atomic E-state index is 0.0295. The number of para-hydroxylation sites is 1. The third-order valence-corrected chi connectivity index (χ3v) is 7.04. The van der Waals surface area contributed by atoms with Crippen LogP contribution in [0.15, 0.2) is 65.6 Å². The number of sulfone groups is 1. The van der Waals surface area contributed by atoms with Gasteiger partial charge in [-0.3, -0.25) is 4.98 Å². The van der Waals surface area contributed by atoms with Gasteiger partial charge in [0, 0.05) is 11.1 Å². The summed E-state index contributed by atoms with van der Waals surface area (Å²) in [6, 6.07) is 18.8. The smallest absolute Gasteiger partial charge is 0.184 e. The van der Waals surface area contributed by atoms with Crippen molar-refractivity contribution >= 4 is 20.7 Å². The van der Waals surface area contributed by atoms with Gasteiger partial charge in [0.15, 0.2) is 9.84 Å². The third kappa shape index (κ3) is 4.26. The molecular formula is C25H27N3O2S. The first-order chi connectivity index (χ1) is 14.5. The molecule has 4 rings (SSSR count). The summed E-state index contributed by atoms with van der Waals surface area (Å²) in [7, 11) is -3.53. The molecule has 2 heterocycles. The summed E-state index contributed by atoms with van der Waals surface area (Å²) < 4.78 is 28.2. The fraction of sp³-hybridized carbons (Fsp3) is 0.280. The molecule has 0 spiro atoms. The molecule has 6 heteroatoms. The Bertz CT molecular complexity index is 1360. The van der Waals surface area contributed by atoms with Crippen molar-refractivity contribution in [3.8, 4) is 5.69 Å². The van der Waals surface area contributed by atoms with Crippen LogP contribution in [0, 0.1) is 13.8 Å². The van der Waals surface area contributed by atoms with Crippen molar-refractivity contribution in [2.45, 2.75) is 50.7 Å². The Hall–Kier alpha value is -2.99. The second-order valence-corrected chi connectivity index (χ2v) is 11.0. The van der Waals surface area contributed by atoms with Crippen LogP contribution in [0.25, 0.3) is 16.6 Å². The highest BCUT2D eigenvalue weighted by Crippen LogP contribution is 2.27. The lowest BCUT2D eigenvalue weighted by molar-refractivity contribution is 0.585. The molecule has 0 unspecified atom stereocenters. The first kappa shape index (κ1) is 21.2. The molecule has 0 atom stereocenters. The minimum Gasteiger partial charge on any atom is -0.253 e. The summed E-state index contributed by atoms with van der Waals surface area (Å²) in [4.78, 5) is 4.91. The predicted molar refractivity (Wildman–Crippen MR) is 124 cm³/mol. The molecule has 5 nitrogen and oxygen atoms in total. The maximum absolute atomic E-state index is 13.2. The highest BCUT2D eigenvalue weighted by atomic mass is 32.2. The van der Waals surface area contributed by atoms with E-state index in [-0.39, 0.29) is 11.2 Å². The highest BCUT2D eigenvalue weighted by molar-refractivity contribution is 7.90. The van der Waals surface area contributed by atoms with Gasteiger partial charge in [0.2, 0.25) is 0 Å². The molecule has 0 aliphatic rings. The van der Waals surface area contributed by atoms with E-state index in [0.717, 1.165) is 33.5 Å². The number of pyridine rings is 1. The molecule has 0 saturated carbocycles. The Labute approximate surface area is 183 Å². The van der Waals surface area contributed by atoms with E-state index in [9.17, 15) is 8.42 Å². The highest BCUT2D eigenvalue weighted by Gasteiger charge is 2.22. The van der Waals surface area contributed by atoms with E-state index in [1.54, 1.807) is 16.8 Å². The van der Waals surface area contributed by atoms with E-state index in [2.05, 4.69) is 30.9 Å². The number of hydrogen-bond acceptors (Lipinski definition) is 4. The fourth-order valence-electron chi connectivity index (χ4n) is 3.77. The summed E-state index contributed by atoms with van der Waals surface area (Å²) in [5.41, 5.74) is 5.03. The number of aromatic nitrogens is 3. The van der Waals surface area contributed by atoms with Crippen LogP contribution in [0.3, 0.4) is 0 Å². The van der Waals surface area contributed by atoms with Gasteiger partial charge in [-0.2, -0.15) is 5.10 Å². The Morgan fingerprint density at radius 2 is 1.58 bits per heavy atom. The largest absolute Gasteiger partial charge is 0.253 e. The van der Waals surface area contributed by atoms with E-state index in [1.807, 2.05) is 62.4 Å². The standard InChI is InChI=1S/C25H27N3O2S/c1-17-15-24(22-8-6-7-9-23(22)26-17)28-20(14-18(2)27-28)16-31(29,30)21-12-10-19(11-13-21)25(3,4)5/h6-15H,16H2,1-5H3. The second-order valence-electron chi connectivity index (χ2n) is 9.02. The number of hydrogen-bond donors (Lipinski definition) is 0.